The summed E-state index contributed by atoms with van der Waals surface area (Å²) in [5.41, 5.74) is 2.47. The van der Waals surface area contributed by atoms with E-state index in [2.05, 4.69) is 49.5 Å². The molecule has 1 heterocycles. The Morgan fingerprint density at radius 1 is 1.17 bits per heavy atom. The second-order valence-corrected chi connectivity index (χ2v) is 5.36. The smallest absolute Gasteiger partial charge is 0.0935 e. The van der Waals surface area contributed by atoms with Crippen LogP contribution in [0.25, 0.3) is 10.4 Å². The van der Waals surface area contributed by atoms with E-state index in [4.69, 9.17) is 4.98 Å². The Kier molecular flexibility index (Phi) is 4.90. The fourth-order valence-electron chi connectivity index (χ4n) is 1.90. The Labute approximate surface area is 113 Å². The second-order valence-electron chi connectivity index (χ2n) is 4.28. The number of thiazole rings is 1. The Morgan fingerprint density at radius 2 is 1.94 bits per heavy atom. The van der Waals surface area contributed by atoms with Crippen LogP contribution in [0.4, 0.5) is 0 Å². The summed E-state index contributed by atoms with van der Waals surface area (Å²) in [7, 11) is 0. The first-order valence-electron chi connectivity index (χ1n) is 6.59. The van der Waals surface area contributed by atoms with Crippen LogP contribution in [-0.2, 0) is 13.0 Å². The first-order chi connectivity index (χ1) is 8.85. The molecule has 0 amide bonds. The summed E-state index contributed by atoms with van der Waals surface area (Å²) in [5, 5.41) is 4.63. The van der Waals surface area contributed by atoms with Crippen molar-refractivity contribution in [2.75, 3.05) is 6.54 Å². The quantitative estimate of drug-likeness (QED) is 0.852. The predicted octanol–water partition coefficient (Wildman–Crippen LogP) is 3.87. The van der Waals surface area contributed by atoms with Crippen LogP contribution in [0.2, 0.25) is 0 Å². The maximum Gasteiger partial charge on any atom is 0.0935 e. The van der Waals surface area contributed by atoms with Crippen molar-refractivity contribution in [1.82, 2.24) is 10.3 Å². The van der Waals surface area contributed by atoms with Crippen molar-refractivity contribution < 1.29 is 0 Å². The Morgan fingerprint density at radius 3 is 2.61 bits per heavy atom. The molecule has 1 aromatic carbocycles. The van der Waals surface area contributed by atoms with Gasteiger partial charge < -0.3 is 5.32 Å². The van der Waals surface area contributed by atoms with Gasteiger partial charge in [-0.2, -0.15) is 0 Å². The zero-order chi connectivity index (χ0) is 12.8. The van der Waals surface area contributed by atoms with Gasteiger partial charge in [-0.15, -0.1) is 11.3 Å². The number of aromatic nitrogens is 1. The third kappa shape index (κ3) is 3.18. The van der Waals surface area contributed by atoms with E-state index in [9.17, 15) is 0 Å². The van der Waals surface area contributed by atoms with Crippen LogP contribution in [-0.4, -0.2) is 11.5 Å². The molecular formula is C15H20N2S. The SMILES string of the molecule is CCCc1nc(CNCC)c(-c2ccccc2)s1. The van der Waals surface area contributed by atoms with Crippen molar-refractivity contribution in [2.24, 2.45) is 0 Å². The summed E-state index contributed by atoms with van der Waals surface area (Å²) in [6, 6.07) is 10.6. The summed E-state index contributed by atoms with van der Waals surface area (Å²) in [6.45, 7) is 6.17. The fraction of sp³-hybridized carbons (Fsp3) is 0.400. The number of nitrogens with zero attached hydrogens (tertiary/aromatic N) is 1. The highest BCUT2D eigenvalue weighted by Gasteiger charge is 2.11. The van der Waals surface area contributed by atoms with E-state index in [1.165, 1.54) is 21.1 Å². The predicted molar refractivity (Wildman–Crippen MR) is 78.9 cm³/mol. The highest BCUT2D eigenvalue weighted by Crippen LogP contribution is 2.30. The minimum absolute atomic E-state index is 0.862. The number of benzene rings is 1. The Hall–Kier alpha value is -1.19. The zero-order valence-corrected chi connectivity index (χ0v) is 11.9. The lowest BCUT2D eigenvalue weighted by Crippen LogP contribution is -2.12. The third-order valence-electron chi connectivity index (χ3n) is 2.78. The highest BCUT2D eigenvalue weighted by molar-refractivity contribution is 7.15. The third-order valence-corrected chi connectivity index (χ3v) is 3.99. The van der Waals surface area contributed by atoms with Gasteiger partial charge in [-0.05, 0) is 24.9 Å². The van der Waals surface area contributed by atoms with E-state index < -0.39 is 0 Å². The average molecular weight is 260 g/mol. The number of nitrogens with one attached hydrogen (secondary N) is 1. The maximum atomic E-state index is 4.77. The van der Waals surface area contributed by atoms with Gasteiger partial charge in [0, 0.05) is 6.54 Å². The first-order valence-corrected chi connectivity index (χ1v) is 7.41. The van der Waals surface area contributed by atoms with Gasteiger partial charge >= 0.3 is 0 Å². The average Bonchev–Trinajstić information content (AvgIpc) is 2.81. The molecule has 0 aliphatic heterocycles. The molecule has 96 valence electrons. The van der Waals surface area contributed by atoms with Gasteiger partial charge in [0.1, 0.15) is 0 Å². The fourth-order valence-corrected chi connectivity index (χ4v) is 3.09. The molecular weight excluding hydrogens is 240 g/mol. The van der Waals surface area contributed by atoms with Crippen LogP contribution in [0.1, 0.15) is 31.0 Å². The van der Waals surface area contributed by atoms with Crippen molar-refractivity contribution in [3.63, 3.8) is 0 Å². The lowest BCUT2D eigenvalue weighted by molar-refractivity contribution is 0.711. The molecule has 0 aliphatic rings. The van der Waals surface area contributed by atoms with Crippen molar-refractivity contribution in [3.8, 4) is 10.4 Å². The molecule has 0 aliphatic carbocycles. The van der Waals surface area contributed by atoms with Gasteiger partial charge in [0.25, 0.3) is 0 Å². The monoisotopic (exact) mass is 260 g/mol. The van der Waals surface area contributed by atoms with E-state index in [0.29, 0.717) is 0 Å². The molecule has 0 radical (unpaired) electrons. The van der Waals surface area contributed by atoms with Crippen LogP contribution in [0.5, 0.6) is 0 Å². The summed E-state index contributed by atoms with van der Waals surface area (Å²) in [4.78, 5) is 6.09. The molecule has 2 rings (SSSR count). The van der Waals surface area contributed by atoms with Crippen molar-refractivity contribution in [1.29, 1.82) is 0 Å². The van der Waals surface area contributed by atoms with E-state index in [1.807, 2.05) is 11.3 Å². The van der Waals surface area contributed by atoms with Crippen LogP contribution >= 0.6 is 11.3 Å². The highest BCUT2D eigenvalue weighted by atomic mass is 32.1. The Bertz CT molecular complexity index is 476. The Balaban J connectivity index is 2.31. The molecule has 0 atom stereocenters. The largest absolute Gasteiger partial charge is 0.311 e. The molecule has 18 heavy (non-hydrogen) atoms. The number of aryl methyl sites for hydroxylation is 1. The summed E-state index contributed by atoms with van der Waals surface area (Å²) >= 11 is 1.84. The van der Waals surface area contributed by atoms with E-state index >= 15 is 0 Å². The van der Waals surface area contributed by atoms with Gasteiger partial charge in [-0.25, -0.2) is 4.98 Å². The van der Waals surface area contributed by atoms with Gasteiger partial charge in [0.05, 0.1) is 15.6 Å². The number of hydrogen-bond donors (Lipinski definition) is 1. The molecule has 1 aromatic heterocycles. The number of hydrogen-bond acceptors (Lipinski definition) is 3. The molecule has 0 bridgehead atoms. The van der Waals surface area contributed by atoms with E-state index in [1.54, 1.807) is 0 Å². The molecule has 1 N–H and O–H groups in total. The molecule has 2 nitrogen and oxygen atoms in total. The standard InChI is InChI=1S/C15H20N2S/c1-3-8-14-17-13(11-16-4-2)15(18-14)12-9-6-5-7-10-12/h5-7,9-10,16H,3-4,8,11H2,1-2H3. The molecule has 0 fully saturated rings. The van der Waals surface area contributed by atoms with Gasteiger partial charge in [-0.3, -0.25) is 0 Å². The van der Waals surface area contributed by atoms with Gasteiger partial charge in [0.15, 0.2) is 0 Å². The number of rotatable bonds is 6. The molecule has 0 saturated carbocycles. The van der Waals surface area contributed by atoms with Crippen LogP contribution in [0.15, 0.2) is 30.3 Å². The van der Waals surface area contributed by atoms with Crippen molar-refractivity contribution >= 4 is 11.3 Å². The molecule has 0 saturated heterocycles. The maximum absolute atomic E-state index is 4.77. The van der Waals surface area contributed by atoms with Gasteiger partial charge in [0.2, 0.25) is 0 Å². The topological polar surface area (TPSA) is 24.9 Å². The summed E-state index contributed by atoms with van der Waals surface area (Å²) < 4.78 is 0. The molecule has 0 spiro atoms. The van der Waals surface area contributed by atoms with Crippen LogP contribution in [0.3, 0.4) is 0 Å². The van der Waals surface area contributed by atoms with Crippen LogP contribution < -0.4 is 5.32 Å². The second kappa shape index (κ2) is 6.66. The van der Waals surface area contributed by atoms with E-state index in [0.717, 1.165) is 25.9 Å². The minimum Gasteiger partial charge on any atom is -0.311 e. The lowest BCUT2D eigenvalue weighted by Gasteiger charge is -2.02. The molecule has 2 aromatic rings. The van der Waals surface area contributed by atoms with Crippen molar-refractivity contribution in [3.05, 3.63) is 41.0 Å². The molecule has 3 heteroatoms. The zero-order valence-electron chi connectivity index (χ0n) is 11.1. The summed E-state index contributed by atoms with van der Waals surface area (Å²) in [6.07, 6.45) is 2.24. The normalized spacial score (nSPS) is 10.8. The first kappa shape index (κ1) is 13.2. The molecule has 0 unspecified atom stereocenters. The van der Waals surface area contributed by atoms with E-state index in [-0.39, 0.29) is 0 Å². The summed E-state index contributed by atoms with van der Waals surface area (Å²) in [5.74, 6) is 0. The lowest BCUT2D eigenvalue weighted by atomic mass is 10.1. The van der Waals surface area contributed by atoms with Crippen molar-refractivity contribution in [2.45, 2.75) is 33.2 Å². The van der Waals surface area contributed by atoms with Crippen LogP contribution in [0, 0.1) is 0 Å². The minimum atomic E-state index is 0.862. The van der Waals surface area contributed by atoms with Gasteiger partial charge in [-0.1, -0.05) is 44.2 Å².